The van der Waals surface area contributed by atoms with E-state index in [2.05, 4.69) is 13.8 Å². The highest BCUT2D eigenvalue weighted by Crippen LogP contribution is 2.70. The van der Waals surface area contributed by atoms with Crippen molar-refractivity contribution in [3.8, 4) is 0 Å². The summed E-state index contributed by atoms with van der Waals surface area (Å²) >= 11 is 0. The van der Waals surface area contributed by atoms with Gasteiger partial charge in [-0.1, -0.05) is 26.7 Å². The number of esters is 1. The van der Waals surface area contributed by atoms with Crippen LogP contribution in [0.1, 0.15) is 115 Å². The maximum absolute atomic E-state index is 12.5. The minimum Gasteiger partial charge on any atom is -0.481 e. The number of carboxylic acids is 1. The van der Waals surface area contributed by atoms with Gasteiger partial charge in [-0.25, -0.2) is 4.79 Å². The number of aliphatic hydroxyl groups excluding tert-OH is 1. The third-order valence-corrected chi connectivity index (χ3v) is 11.7. The van der Waals surface area contributed by atoms with Crippen molar-refractivity contribution in [3.63, 3.8) is 0 Å². The second kappa shape index (κ2) is 11.2. The van der Waals surface area contributed by atoms with Crippen LogP contribution in [0.3, 0.4) is 0 Å². The first-order valence-corrected chi connectivity index (χ1v) is 15.4. The van der Waals surface area contributed by atoms with Crippen LogP contribution in [-0.2, 0) is 14.3 Å². The summed E-state index contributed by atoms with van der Waals surface area (Å²) in [6.45, 7) is 4.41. The number of carbonyl (C=O) groups is 2. The monoisotopic (exact) mass is 558 g/mol. The van der Waals surface area contributed by atoms with Gasteiger partial charge in [0.15, 0.2) is 0 Å². The van der Waals surface area contributed by atoms with Crippen LogP contribution < -0.4 is 5.63 Å². The van der Waals surface area contributed by atoms with E-state index in [1.165, 1.54) is 12.3 Å². The minimum atomic E-state index is -0.889. The number of unbranched alkanes of at least 4 members (excludes halogenated alkanes) is 3. The Kier molecular flexibility index (Phi) is 8.23. The molecule has 40 heavy (non-hydrogen) atoms. The zero-order valence-corrected chi connectivity index (χ0v) is 24.0. The van der Waals surface area contributed by atoms with Crippen LogP contribution >= 0.6 is 0 Å². The van der Waals surface area contributed by atoms with Crippen LogP contribution in [0.15, 0.2) is 27.6 Å². The van der Waals surface area contributed by atoms with E-state index in [9.17, 15) is 24.6 Å². The van der Waals surface area contributed by atoms with Crippen molar-refractivity contribution in [3.05, 3.63) is 34.4 Å². The third kappa shape index (κ3) is 5.15. The summed E-state index contributed by atoms with van der Waals surface area (Å²) in [5.74, 6) is -0.591. The van der Waals surface area contributed by atoms with Gasteiger partial charge in [0.1, 0.15) is 6.10 Å². The lowest BCUT2D eigenvalue weighted by molar-refractivity contribution is -0.240. The van der Waals surface area contributed by atoms with Crippen LogP contribution in [0.2, 0.25) is 0 Å². The number of carboxylic acid groups (broad SMARTS) is 1. The molecule has 3 N–H and O–H groups in total. The Labute approximate surface area is 236 Å². The van der Waals surface area contributed by atoms with Gasteiger partial charge in [-0.05, 0) is 105 Å². The first kappa shape index (κ1) is 29.3. The number of hydrogen-bond donors (Lipinski definition) is 3. The second-order valence-corrected chi connectivity index (χ2v) is 13.7. The Balaban J connectivity index is 1.22. The van der Waals surface area contributed by atoms with Gasteiger partial charge in [-0.2, -0.15) is 0 Å². The fourth-order valence-corrected chi connectivity index (χ4v) is 9.64. The molecular weight excluding hydrogens is 512 g/mol. The Hall–Kier alpha value is -2.19. The van der Waals surface area contributed by atoms with E-state index in [-0.39, 0.29) is 47.3 Å². The molecule has 222 valence electrons. The molecule has 1 aromatic rings. The molecule has 5 rings (SSSR count). The van der Waals surface area contributed by atoms with Gasteiger partial charge in [0.2, 0.25) is 0 Å². The lowest BCUT2D eigenvalue weighted by atomic mass is 9.42. The number of hydrogen-bond acceptors (Lipinski definition) is 7. The van der Waals surface area contributed by atoms with E-state index in [0.29, 0.717) is 31.6 Å². The Morgan fingerprint density at radius 2 is 1.77 bits per heavy atom. The van der Waals surface area contributed by atoms with Gasteiger partial charge in [-0.15, -0.1) is 0 Å². The molecule has 0 amide bonds. The van der Waals surface area contributed by atoms with Crippen LogP contribution in [0, 0.1) is 28.6 Å². The number of carbonyl (C=O) groups excluding carboxylic acids is 1. The van der Waals surface area contributed by atoms with Crippen molar-refractivity contribution < 1.29 is 34.1 Å². The van der Waals surface area contributed by atoms with E-state index in [0.717, 1.165) is 63.4 Å². The smallest absolute Gasteiger partial charge is 0.335 e. The molecule has 4 aliphatic carbocycles. The first-order chi connectivity index (χ1) is 19.0. The molecule has 1 aromatic heterocycles. The molecule has 1 heterocycles. The average molecular weight is 559 g/mol. The van der Waals surface area contributed by atoms with Crippen LogP contribution in [-0.4, -0.2) is 45.1 Å². The van der Waals surface area contributed by atoms with E-state index in [1.54, 1.807) is 0 Å². The predicted molar refractivity (Wildman–Crippen MR) is 148 cm³/mol. The van der Waals surface area contributed by atoms with Gasteiger partial charge in [0.05, 0.1) is 18.0 Å². The minimum absolute atomic E-state index is 0.000709. The topological polar surface area (TPSA) is 134 Å². The normalized spacial score (nSPS) is 40.5. The molecule has 4 aliphatic rings. The number of ether oxygens (including phenoxy) is 1. The van der Waals surface area contributed by atoms with Gasteiger partial charge in [-0.3, -0.25) is 9.59 Å². The van der Waals surface area contributed by atoms with Crippen molar-refractivity contribution in [2.24, 2.45) is 28.6 Å². The van der Waals surface area contributed by atoms with Gasteiger partial charge >= 0.3 is 17.6 Å². The van der Waals surface area contributed by atoms with Crippen molar-refractivity contribution >= 4 is 11.9 Å². The van der Waals surface area contributed by atoms with E-state index in [4.69, 9.17) is 14.3 Å². The molecule has 0 aromatic carbocycles. The Bertz CT molecular complexity index is 1130. The number of rotatable bonds is 9. The molecule has 0 unspecified atom stereocenters. The number of aliphatic carboxylic acids is 1. The molecule has 9 atom stereocenters. The van der Waals surface area contributed by atoms with E-state index < -0.39 is 23.1 Å². The summed E-state index contributed by atoms with van der Waals surface area (Å²) in [6.07, 6.45) is 10.7. The quantitative estimate of drug-likeness (QED) is 0.279. The van der Waals surface area contributed by atoms with Crippen LogP contribution in [0.25, 0.3) is 0 Å². The standard InChI is InChI=1S/C32H46O8/c1-30-15-13-22(40-28(37)8-6-4-3-5-7-26(34)35)17-21(30)10-11-24-29(30)25(33)18-31(2)23(14-16-32(24,31)38)20-9-12-27(36)39-19-20/h9,12,19,21-25,29,33,38H,3-8,10-11,13-18H2,1-2H3,(H,34,35)/t21-,22+,23-,24-,25-,29-,30+,31-,32+/m1/s1. The SMILES string of the molecule is C[C@]12CC[C@H](OC(=O)CCCCCCC(=O)O)C[C@H]1CC[C@@H]1[C@@H]2[C@H](O)C[C@]2(C)[C@@H](c3ccc(=O)oc3)CC[C@]12O. The molecule has 8 nitrogen and oxygen atoms in total. The lowest BCUT2D eigenvalue weighted by Crippen LogP contribution is -2.66. The molecule has 8 heteroatoms. The fraction of sp³-hybridized carbons (Fsp3) is 0.781. The van der Waals surface area contributed by atoms with Crippen LogP contribution in [0.5, 0.6) is 0 Å². The maximum Gasteiger partial charge on any atom is 0.335 e. The van der Waals surface area contributed by atoms with Crippen molar-refractivity contribution in [1.29, 1.82) is 0 Å². The van der Waals surface area contributed by atoms with Crippen LogP contribution in [0.4, 0.5) is 0 Å². The van der Waals surface area contributed by atoms with Gasteiger partial charge in [0, 0.05) is 24.3 Å². The van der Waals surface area contributed by atoms with Crippen molar-refractivity contribution in [1.82, 2.24) is 0 Å². The largest absolute Gasteiger partial charge is 0.481 e. The highest BCUT2D eigenvalue weighted by atomic mass is 16.5. The summed E-state index contributed by atoms with van der Waals surface area (Å²) in [4.78, 5) is 34.7. The van der Waals surface area contributed by atoms with Gasteiger partial charge in [0.25, 0.3) is 0 Å². The molecule has 0 radical (unpaired) electrons. The summed E-state index contributed by atoms with van der Waals surface area (Å²) in [6, 6.07) is 3.25. The zero-order chi connectivity index (χ0) is 28.7. The fourth-order valence-electron chi connectivity index (χ4n) is 9.64. The second-order valence-electron chi connectivity index (χ2n) is 13.7. The average Bonchev–Trinajstić information content (AvgIpc) is 3.17. The molecule has 4 fully saturated rings. The van der Waals surface area contributed by atoms with E-state index >= 15 is 0 Å². The summed E-state index contributed by atoms with van der Waals surface area (Å²) in [5.41, 5.74) is -0.974. The summed E-state index contributed by atoms with van der Waals surface area (Å²) in [7, 11) is 0. The van der Waals surface area contributed by atoms with Gasteiger partial charge < -0.3 is 24.5 Å². The molecule has 0 bridgehead atoms. The number of fused-ring (bicyclic) bond motifs is 5. The Morgan fingerprint density at radius 3 is 2.48 bits per heavy atom. The van der Waals surface area contributed by atoms with Crippen molar-refractivity contribution in [2.45, 2.75) is 127 Å². The van der Waals surface area contributed by atoms with Crippen molar-refractivity contribution in [2.75, 3.05) is 0 Å². The molecular formula is C32H46O8. The molecule has 0 saturated heterocycles. The van der Waals surface area contributed by atoms with E-state index in [1.807, 2.05) is 6.07 Å². The first-order valence-electron chi connectivity index (χ1n) is 15.4. The highest BCUT2D eigenvalue weighted by molar-refractivity contribution is 5.69. The third-order valence-electron chi connectivity index (χ3n) is 11.7. The summed E-state index contributed by atoms with van der Waals surface area (Å²) < 4.78 is 11.1. The highest BCUT2D eigenvalue weighted by Gasteiger charge is 2.69. The summed E-state index contributed by atoms with van der Waals surface area (Å²) in [5, 5.41) is 32.9. The number of aliphatic hydroxyl groups is 2. The maximum atomic E-state index is 12.5. The lowest BCUT2D eigenvalue weighted by Gasteiger charge is -2.65. The molecule has 0 aliphatic heterocycles. The molecule has 0 spiro atoms. The predicted octanol–water partition coefficient (Wildman–Crippen LogP) is 5.19. The zero-order valence-electron chi connectivity index (χ0n) is 24.0. The Morgan fingerprint density at radius 1 is 1.02 bits per heavy atom. The molecule has 4 saturated carbocycles.